The van der Waals surface area contributed by atoms with Crippen molar-refractivity contribution >= 4 is 23.0 Å². The Labute approximate surface area is 116 Å². The summed E-state index contributed by atoms with van der Waals surface area (Å²) in [6.45, 7) is 7.55. The van der Waals surface area contributed by atoms with Crippen molar-refractivity contribution in [1.82, 2.24) is 4.72 Å². The van der Waals surface area contributed by atoms with Crippen LogP contribution in [0, 0.1) is 5.82 Å². The van der Waals surface area contributed by atoms with Crippen molar-refractivity contribution in [3.05, 3.63) is 34.6 Å². The van der Waals surface area contributed by atoms with Crippen LogP contribution in [0.3, 0.4) is 0 Å². The van der Waals surface area contributed by atoms with Crippen molar-refractivity contribution < 1.29 is 8.94 Å². The summed E-state index contributed by atoms with van der Waals surface area (Å²) in [6.07, 6.45) is 0.653. The minimum absolute atomic E-state index is 0.276. The second kappa shape index (κ2) is 6.24. The highest BCUT2D eigenvalue weighted by molar-refractivity contribution is 7.90. The summed E-state index contributed by atoms with van der Waals surface area (Å²) in [4.78, 5) is 0. The molecule has 0 fully saturated rings. The maximum atomic E-state index is 13.8. The highest BCUT2D eigenvalue weighted by atomic mass is 35.5. The predicted octanol–water partition coefficient (Wildman–Crippen LogP) is 3.98. The predicted molar refractivity (Wildman–Crippen MR) is 75.5 cm³/mol. The lowest BCUT2D eigenvalue weighted by atomic mass is 10.1. The van der Waals surface area contributed by atoms with E-state index in [-0.39, 0.29) is 16.6 Å². The van der Waals surface area contributed by atoms with E-state index in [1.54, 1.807) is 12.1 Å². The van der Waals surface area contributed by atoms with Crippen molar-refractivity contribution in [2.45, 2.75) is 44.9 Å². The second-order valence-corrected chi connectivity index (χ2v) is 7.56. The minimum atomic E-state index is -1.23. The zero-order chi connectivity index (χ0) is 13.9. The number of hydrogen-bond acceptors (Lipinski definition) is 2. The van der Waals surface area contributed by atoms with Gasteiger partial charge in [0.05, 0.1) is 6.04 Å². The van der Waals surface area contributed by atoms with Crippen molar-refractivity contribution in [2.75, 3.05) is 0 Å². The average Bonchev–Trinajstić information content (AvgIpc) is 2.25. The summed E-state index contributed by atoms with van der Waals surface area (Å²) in [5.74, 6) is -0.368. The molecule has 0 bridgehead atoms. The van der Waals surface area contributed by atoms with Gasteiger partial charge in [0, 0.05) is 21.9 Å². The zero-order valence-corrected chi connectivity index (χ0v) is 12.7. The van der Waals surface area contributed by atoms with Gasteiger partial charge in [0.1, 0.15) is 10.6 Å². The smallest absolute Gasteiger partial charge is 0.136 e. The summed E-state index contributed by atoms with van der Waals surface area (Å²) in [7, 11) is 0. The Morgan fingerprint density at radius 1 is 1.44 bits per heavy atom. The lowest BCUT2D eigenvalue weighted by molar-refractivity contribution is 0.505. The van der Waals surface area contributed by atoms with Crippen LogP contribution in [-0.4, -0.2) is 9.30 Å². The Morgan fingerprint density at radius 2 is 2.06 bits per heavy atom. The van der Waals surface area contributed by atoms with E-state index in [0.29, 0.717) is 17.0 Å². The van der Waals surface area contributed by atoms with Gasteiger partial charge in [-0.25, -0.2) is 4.39 Å². The molecule has 1 rings (SSSR count). The first-order valence-electron chi connectivity index (χ1n) is 5.88. The number of hydrogen-bond donors (Lipinski definition) is 1. The van der Waals surface area contributed by atoms with Crippen molar-refractivity contribution in [1.29, 1.82) is 0 Å². The third-order valence-electron chi connectivity index (χ3n) is 2.55. The fraction of sp³-hybridized carbons (Fsp3) is 0.538. The first-order valence-corrected chi connectivity index (χ1v) is 7.41. The van der Waals surface area contributed by atoms with Crippen molar-refractivity contribution in [3.63, 3.8) is 0 Å². The molecule has 0 aliphatic carbocycles. The van der Waals surface area contributed by atoms with Crippen LogP contribution in [0.25, 0.3) is 0 Å². The molecule has 102 valence electrons. The molecule has 0 saturated heterocycles. The zero-order valence-electron chi connectivity index (χ0n) is 11.1. The largest absolute Gasteiger partial charge is 0.598 e. The van der Waals surface area contributed by atoms with Crippen LogP contribution >= 0.6 is 11.6 Å². The molecule has 1 aromatic rings. The molecule has 18 heavy (non-hydrogen) atoms. The molecular formula is C13H19ClFNOS. The molecule has 2 nitrogen and oxygen atoms in total. The maximum Gasteiger partial charge on any atom is 0.136 e. The standard InChI is InChI=1S/C13H19ClFNOS/c1-5-12(16-18(17)13(2,3)4)10-7-6-9(14)8-11(10)15/h6-8,12,16H,5H2,1-4H3/t12-,18+/m0/s1. The third kappa shape index (κ3) is 4.12. The van der Waals surface area contributed by atoms with Gasteiger partial charge in [0.2, 0.25) is 0 Å². The summed E-state index contributed by atoms with van der Waals surface area (Å²) >= 11 is 4.49. The molecule has 5 heteroatoms. The Kier molecular flexibility index (Phi) is 5.46. The van der Waals surface area contributed by atoms with Gasteiger partial charge in [-0.1, -0.05) is 24.6 Å². The van der Waals surface area contributed by atoms with E-state index in [4.69, 9.17) is 11.6 Å². The SMILES string of the molecule is CC[C@H](N[S@+]([O-])C(C)(C)C)c1ccc(Cl)cc1F. The monoisotopic (exact) mass is 291 g/mol. The maximum absolute atomic E-state index is 13.8. The molecule has 0 saturated carbocycles. The van der Waals surface area contributed by atoms with Gasteiger partial charge < -0.3 is 4.55 Å². The molecule has 0 aliphatic heterocycles. The molecule has 0 aromatic heterocycles. The van der Waals surface area contributed by atoms with Gasteiger partial charge in [-0.15, -0.1) is 4.72 Å². The summed E-state index contributed by atoms with van der Waals surface area (Å²) in [5.41, 5.74) is 0.500. The van der Waals surface area contributed by atoms with E-state index < -0.39 is 11.4 Å². The quantitative estimate of drug-likeness (QED) is 0.852. The molecule has 0 unspecified atom stereocenters. The van der Waals surface area contributed by atoms with Crippen molar-refractivity contribution in [3.8, 4) is 0 Å². The fourth-order valence-electron chi connectivity index (χ4n) is 1.46. The molecule has 1 aromatic carbocycles. The van der Waals surface area contributed by atoms with Gasteiger partial charge >= 0.3 is 0 Å². The van der Waals surface area contributed by atoms with Crippen LogP contribution < -0.4 is 4.72 Å². The molecule has 0 aliphatic rings. The first-order chi connectivity index (χ1) is 8.25. The highest BCUT2D eigenvalue weighted by Gasteiger charge is 2.30. The van der Waals surface area contributed by atoms with E-state index in [0.717, 1.165) is 0 Å². The third-order valence-corrected chi connectivity index (χ3v) is 4.40. The Morgan fingerprint density at radius 3 is 2.50 bits per heavy atom. The molecule has 0 amide bonds. The number of benzene rings is 1. The Hall–Kier alpha value is -0.290. The van der Waals surface area contributed by atoms with Crippen LogP contribution in [0.5, 0.6) is 0 Å². The topological polar surface area (TPSA) is 35.1 Å². The molecular weight excluding hydrogens is 273 g/mol. The van der Waals surface area contributed by atoms with Crippen LogP contribution in [-0.2, 0) is 11.4 Å². The van der Waals surface area contributed by atoms with E-state index >= 15 is 0 Å². The molecule has 0 heterocycles. The highest BCUT2D eigenvalue weighted by Crippen LogP contribution is 2.25. The molecule has 0 spiro atoms. The molecule has 1 N–H and O–H groups in total. The van der Waals surface area contributed by atoms with E-state index in [1.807, 2.05) is 27.7 Å². The summed E-state index contributed by atoms with van der Waals surface area (Å²) in [6, 6.07) is 4.28. The number of rotatable bonds is 4. The fourth-order valence-corrected chi connectivity index (χ4v) is 2.52. The number of nitrogens with one attached hydrogen (secondary N) is 1. The van der Waals surface area contributed by atoms with Gasteiger partial charge in [0.15, 0.2) is 0 Å². The van der Waals surface area contributed by atoms with Crippen LogP contribution in [0.15, 0.2) is 18.2 Å². The average molecular weight is 292 g/mol. The molecule has 0 radical (unpaired) electrons. The Bertz CT molecular complexity index is 408. The second-order valence-electron chi connectivity index (χ2n) is 5.13. The normalized spacial score (nSPS) is 15.5. The first kappa shape index (κ1) is 15.8. The summed E-state index contributed by atoms with van der Waals surface area (Å²) < 4.78 is 28.4. The van der Waals surface area contributed by atoms with E-state index in [2.05, 4.69) is 4.72 Å². The summed E-state index contributed by atoms with van der Waals surface area (Å²) in [5, 5.41) is 0.364. The number of halogens is 2. The van der Waals surface area contributed by atoms with Gasteiger partial charge in [0.25, 0.3) is 0 Å². The van der Waals surface area contributed by atoms with Crippen LogP contribution in [0.1, 0.15) is 45.7 Å². The van der Waals surface area contributed by atoms with Gasteiger partial charge in [-0.2, -0.15) is 0 Å². The van der Waals surface area contributed by atoms with E-state index in [9.17, 15) is 8.94 Å². The van der Waals surface area contributed by atoms with E-state index in [1.165, 1.54) is 6.07 Å². The lowest BCUT2D eigenvalue weighted by Gasteiger charge is -2.27. The van der Waals surface area contributed by atoms with Gasteiger partial charge in [-0.05, 0) is 39.3 Å². The minimum Gasteiger partial charge on any atom is -0.598 e. The Balaban J connectivity index is 2.90. The van der Waals surface area contributed by atoms with Gasteiger partial charge in [-0.3, -0.25) is 0 Å². The van der Waals surface area contributed by atoms with Crippen molar-refractivity contribution in [2.24, 2.45) is 0 Å². The van der Waals surface area contributed by atoms with Crippen LogP contribution in [0.2, 0.25) is 5.02 Å². The van der Waals surface area contributed by atoms with Crippen LogP contribution in [0.4, 0.5) is 4.39 Å². The molecule has 2 atom stereocenters. The lowest BCUT2D eigenvalue weighted by Crippen LogP contribution is -2.41.